The Morgan fingerprint density at radius 3 is 2.27 bits per heavy atom. The van der Waals surface area contributed by atoms with Gasteiger partial charge in [-0.1, -0.05) is 35.9 Å². The summed E-state index contributed by atoms with van der Waals surface area (Å²) >= 11 is 6.59. The number of hydrogen-bond donors (Lipinski definition) is 5. The number of carbonyl (C=O) groups excluding carboxylic acids is 6. The van der Waals surface area contributed by atoms with Crippen molar-refractivity contribution >= 4 is 69.6 Å². The third kappa shape index (κ3) is 10.6. The van der Waals surface area contributed by atoms with Gasteiger partial charge in [-0.3, -0.25) is 34.2 Å². The number of urea groups is 1. The molecule has 20 heteroatoms. The number of aromatic amines is 1. The number of rotatable bonds is 20. The molecule has 344 valence electrons. The molecule has 5 heterocycles. The lowest BCUT2D eigenvalue weighted by molar-refractivity contribution is -0.136. The van der Waals surface area contributed by atoms with Gasteiger partial charge in [-0.05, 0) is 55.7 Å². The van der Waals surface area contributed by atoms with Crippen LogP contribution in [0.15, 0.2) is 79.3 Å². The third-order valence-corrected chi connectivity index (χ3v) is 11.6. The molecule has 0 spiro atoms. The van der Waals surface area contributed by atoms with Crippen molar-refractivity contribution in [2.45, 2.75) is 37.8 Å². The van der Waals surface area contributed by atoms with E-state index in [1.807, 2.05) is 30.3 Å². The summed E-state index contributed by atoms with van der Waals surface area (Å²) in [6.45, 7) is 3.69. The molecule has 3 aromatic carbocycles. The highest BCUT2D eigenvalue weighted by Gasteiger charge is 2.45. The van der Waals surface area contributed by atoms with Gasteiger partial charge in [0.25, 0.3) is 11.8 Å². The van der Waals surface area contributed by atoms with E-state index in [9.17, 15) is 28.8 Å². The summed E-state index contributed by atoms with van der Waals surface area (Å²) in [4.78, 5) is 91.5. The van der Waals surface area contributed by atoms with Crippen molar-refractivity contribution in [1.29, 1.82) is 0 Å². The molecule has 3 aliphatic rings. The Balaban J connectivity index is 0.683. The smallest absolute Gasteiger partial charge is 0.317 e. The predicted octanol–water partition coefficient (Wildman–Crippen LogP) is 4.78. The lowest BCUT2D eigenvalue weighted by Gasteiger charge is -2.32. The number of H-pyrrole nitrogens is 1. The van der Waals surface area contributed by atoms with Crippen LogP contribution in [0, 0.1) is 0 Å². The molecule has 6 amide bonds. The van der Waals surface area contributed by atoms with Gasteiger partial charge < -0.3 is 44.8 Å². The number of imide groups is 2. The van der Waals surface area contributed by atoms with Gasteiger partial charge in [0.05, 0.1) is 66.7 Å². The molecular weight excluding hydrogens is 874 g/mol. The number of carbonyl (C=O) groups is 6. The third-order valence-electron chi connectivity index (χ3n) is 11.3. The Bertz CT molecular complexity index is 2600. The van der Waals surface area contributed by atoms with Gasteiger partial charge in [-0.2, -0.15) is 0 Å². The first kappa shape index (κ1) is 45.6. The van der Waals surface area contributed by atoms with Gasteiger partial charge in [0.2, 0.25) is 11.8 Å². The standard InChI is InChI=1S/C46H48ClN9O10/c47-34-25-30(66-29-5-2-1-3-6-29)9-10-31(34)40(58)33-26-50-41-39(33)42(52-27-51-41)53-28-13-17-55(18-14-28)46(62)49-16-20-64-22-24-65-23-21-63-19-15-48-35-8-4-7-32-38(35)45(61)56(44(32)60)36-11-12-37(57)54-43(36)59/h1-10,25-28,36,48H,11-24H2,(H,49,62)(H,54,57,59)(H2,50,51,52,53). The van der Waals surface area contributed by atoms with Crippen LogP contribution in [-0.4, -0.2) is 138 Å². The maximum absolute atomic E-state index is 13.8. The van der Waals surface area contributed by atoms with Crippen LogP contribution in [-0.2, 0) is 23.8 Å². The quantitative estimate of drug-likeness (QED) is 0.0402. The number of nitrogens with one attached hydrogen (secondary N) is 5. The predicted molar refractivity (Wildman–Crippen MR) is 241 cm³/mol. The fourth-order valence-electron chi connectivity index (χ4n) is 7.99. The second-order valence-corrected chi connectivity index (χ2v) is 16.0. The minimum atomic E-state index is -1.03. The lowest BCUT2D eigenvalue weighted by Crippen LogP contribution is -2.54. The van der Waals surface area contributed by atoms with Gasteiger partial charge in [0, 0.05) is 62.2 Å². The molecule has 2 fully saturated rings. The maximum Gasteiger partial charge on any atom is 0.317 e. The average Bonchev–Trinajstić information content (AvgIpc) is 3.87. The molecule has 0 radical (unpaired) electrons. The molecule has 3 aliphatic heterocycles. The van der Waals surface area contributed by atoms with Gasteiger partial charge >= 0.3 is 6.03 Å². The van der Waals surface area contributed by atoms with Gasteiger partial charge in [0.15, 0.2) is 5.78 Å². The summed E-state index contributed by atoms with van der Waals surface area (Å²) in [5.74, 6) is -0.842. The second kappa shape index (κ2) is 21.4. The number of piperidine rings is 2. The highest BCUT2D eigenvalue weighted by Crippen LogP contribution is 2.34. The van der Waals surface area contributed by atoms with E-state index in [2.05, 4.69) is 36.2 Å². The van der Waals surface area contributed by atoms with Crippen LogP contribution in [0.25, 0.3) is 11.0 Å². The van der Waals surface area contributed by atoms with E-state index in [1.54, 1.807) is 47.5 Å². The molecule has 19 nitrogen and oxygen atoms in total. The first-order valence-electron chi connectivity index (χ1n) is 21.7. The number of hydrogen-bond acceptors (Lipinski definition) is 14. The van der Waals surface area contributed by atoms with Crippen LogP contribution >= 0.6 is 11.6 Å². The summed E-state index contributed by atoms with van der Waals surface area (Å²) in [5.41, 5.74) is 2.05. The number of anilines is 2. The number of aromatic nitrogens is 3. The summed E-state index contributed by atoms with van der Waals surface area (Å²) in [5, 5.41) is 12.5. The second-order valence-electron chi connectivity index (χ2n) is 15.6. The van der Waals surface area contributed by atoms with Crippen LogP contribution in [0.2, 0.25) is 5.02 Å². The number of halogens is 1. The minimum Gasteiger partial charge on any atom is -0.457 e. The molecular formula is C46H48ClN9O10. The Morgan fingerprint density at radius 1 is 0.788 bits per heavy atom. The highest BCUT2D eigenvalue weighted by molar-refractivity contribution is 6.36. The summed E-state index contributed by atoms with van der Waals surface area (Å²) in [6, 6.07) is 17.9. The van der Waals surface area contributed by atoms with E-state index in [1.165, 1.54) is 6.33 Å². The normalized spacial score (nSPS) is 16.3. The van der Waals surface area contributed by atoms with Crippen molar-refractivity contribution in [3.05, 3.63) is 107 Å². The summed E-state index contributed by atoms with van der Waals surface area (Å²) < 4.78 is 22.7. The van der Waals surface area contributed by atoms with E-state index < -0.39 is 29.7 Å². The van der Waals surface area contributed by atoms with E-state index in [-0.39, 0.29) is 46.8 Å². The topological polar surface area (TPSA) is 236 Å². The monoisotopic (exact) mass is 921 g/mol. The van der Waals surface area contributed by atoms with Gasteiger partial charge in [-0.25, -0.2) is 14.8 Å². The van der Waals surface area contributed by atoms with Crippen molar-refractivity contribution in [3.63, 3.8) is 0 Å². The fraction of sp³-hybridized carbons (Fsp3) is 0.348. The Labute approximate surface area is 383 Å². The highest BCUT2D eigenvalue weighted by atomic mass is 35.5. The zero-order chi connectivity index (χ0) is 46.0. The van der Waals surface area contributed by atoms with Crippen LogP contribution in [0.5, 0.6) is 11.5 Å². The van der Waals surface area contributed by atoms with Crippen LogP contribution in [0.3, 0.4) is 0 Å². The lowest BCUT2D eigenvalue weighted by atomic mass is 10.0. The van der Waals surface area contributed by atoms with Gasteiger partial charge in [0.1, 0.15) is 35.3 Å². The van der Waals surface area contributed by atoms with Crippen LogP contribution < -0.4 is 26.0 Å². The van der Waals surface area contributed by atoms with Crippen LogP contribution in [0.4, 0.5) is 16.3 Å². The molecule has 2 aromatic heterocycles. The van der Waals surface area contributed by atoms with Crippen molar-refractivity contribution in [3.8, 4) is 11.5 Å². The number of para-hydroxylation sites is 1. The van der Waals surface area contributed by atoms with E-state index in [0.29, 0.717) is 124 Å². The minimum absolute atomic E-state index is 0.00481. The number of nitrogens with zero attached hydrogens (tertiary/aromatic N) is 4. The fourth-order valence-corrected chi connectivity index (χ4v) is 8.25. The largest absolute Gasteiger partial charge is 0.457 e. The zero-order valence-corrected chi connectivity index (χ0v) is 36.6. The molecule has 8 rings (SSSR count). The molecule has 0 aliphatic carbocycles. The number of ether oxygens (including phenoxy) is 4. The molecule has 5 aromatic rings. The van der Waals surface area contributed by atoms with Crippen molar-refractivity contribution in [2.24, 2.45) is 0 Å². The Morgan fingerprint density at radius 2 is 1.53 bits per heavy atom. The first-order valence-corrected chi connectivity index (χ1v) is 22.0. The molecule has 0 bridgehead atoms. The zero-order valence-electron chi connectivity index (χ0n) is 35.8. The number of fused-ring (bicyclic) bond motifs is 2. The van der Waals surface area contributed by atoms with E-state index >= 15 is 0 Å². The van der Waals surface area contributed by atoms with Crippen LogP contribution in [0.1, 0.15) is 62.3 Å². The first-order chi connectivity index (χ1) is 32.2. The van der Waals surface area contributed by atoms with Crippen molar-refractivity contribution in [1.82, 2.24) is 35.4 Å². The summed E-state index contributed by atoms with van der Waals surface area (Å²) in [7, 11) is 0. The number of amides is 6. The molecule has 2 saturated heterocycles. The SMILES string of the molecule is O=C1CCC(N2C(=O)c3cccc(NCCOCCOCCOCCNC(=O)N4CCC(Nc5ncnc6[nH]cc(C(=O)c7ccc(Oc8ccccc8)cc7Cl)c56)CC4)c3C2=O)C(=O)N1. The maximum atomic E-state index is 13.8. The number of benzene rings is 3. The van der Waals surface area contributed by atoms with E-state index in [4.69, 9.17) is 30.5 Å². The van der Waals surface area contributed by atoms with Gasteiger partial charge in [-0.15, -0.1) is 0 Å². The molecule has 1 atom stereocenters. The molecule has 5 N–H and O–H groups in total. The number of ketones is 1. The van der Waals surface area contributed by atoms with Crippen molar-refractivity contribution in [2.75, 3.05) is 76.5 Å². The molecule has 66 heavy (non-hydrogen) atoms. The summed E-state index contributed by atoms with van der Waals surface area (Å²) in [6.07, 6.45) is 4.51. The van der Waals surface area contributed by atoms with E-state index in [0.717, 1.165) is 4.90 Å². The Kier molecular flexibility index (Phi) is 14.8. The molecule has 0 saturated carbocycles. The average molecular weight is 922 g/mol. The number of likely N-dealkylation sites (tertiary alicyclic amines) is 1. The Hall–Kier alpha value is -6.93. The molecule has 1 unspecified atom stereocenters. The van der Waals surface area contributed by atoms with Crippen molar-refractivity contribution < 1.29 is 47.7 Å².